The molecule has 1 aromatic heterocycles. The molecule has 0 aliphatic carbocycles. The third kappa shape index (κ3) is 2.05. The molecule has 1 heterocycles. The molecule has 4 heteroatoms. The molecule has 0 atom stereocenters. The fraction of sp³-hybridized carbons (Fsp3) is 0.400. The van der Waals surface area contributed by atoms with Crippen LogP contribution in [0.4, 0.5) is 5.95 Å². The monoisotopic (exact) mass is 186 g/mol. The lowest BCUT2D eigenvalue weighted by atomic mass is 9.91. The molecule has 0 spiro atoms. The maximum absolute atomic E-state index is 8.70. The second-order valence-electron chi connectivity index (χ2n) is 3.91. The second-order valence-corrected chi connectivity index (χ2v) is 3.91. The van der Waals surface area contributed by atoms with Gasteiger partial charge in [-0.3, -0.25) is 0 Å². The number of hydrogen-bond acceptors (Lipinski definition) is 3. The summed E-state index contributed by atoms with van der Waals surface area (Å²) in [6.45, 7) is 12.7. The Morgan fingerprint density at radius 2 is 2.07 bits per heavy atom. The summed E-state index contributed by atoms with van der Waals surface area (Å²) in [5.74, 6) is 0.0361. The summed E-state index contributed by atoms with van der Waals surface area (Å²) in [5.41, 5.74) is 0.791. The minimum atomic E-state index is -0.173. The summed E-state index contributed by atoms with van der Waals surface area (Å²) < 4.78 is 0. The lowest BCUT2D eigenvalue weighted by Gasteiger charge is -2.14. The number of nitrogens with zero attached hydrogens (tertiary/aromatic N) is 4. The Morgan fingerprint density at radius 3 is 2.50 bits per heavy atom. The van der Waals surface area contributed by atoms with Gasteiger partial charge in [-0.1, -0.05) is 20.8 Å². The van der Waals surface area contributed by atoms with Gasteiger partial charge in [0.25, 0.3) is 0 Å². The first-order chi connectivity index (χ1) is 6.47. The Kier molecular flexibility index (Phi) is 2.49. The number of rotatable bonds is 0. The van der Waals surface area contributed by atoms with Crippen molar-refractivity contribution in [3.05, 3.63) is 28.9 Å². The van der Waals surface area contributed by atoms with E-state index in [0.29, 0.717) is 0 Å². The van der Waals surface area contributed by atoms with E-state index in [4.69, 9.17) is 11.8 Å². The molecule has 0 fully saturated rings. The Morgan fingerprint density at radius 1 is 1.43 bits per heavy atom. The molecule has 0 bridgehead atoms. The summed E-state index contributed by atoms with van der Waals surface area (Å²) in [7, 11) is 0. The third-order valence-corrected chi connectivity index (χ3v) is 1.70. The fourth-order valence-electron chi connectivity index (χ4n) is 0.926. The Bertz CT molecular complexity index is 397. The van der Waals surface area contributed by atoms with Gasteiger partial charge in [0.2, 0.25) is 5.69 Å². The number of nitriles is 1. The highest BCUT2D eigenvalue weighted by atomic mass is 15.0. The lowest BCUT2D eigenvalue weighted by Crippen LogP contribution is -2.14. The highest BCUT2D eigenvalue weighted by molar-refractivity contribution is 5.35. The van der Waals surface area contributed by atoms with Crippen molar-refractivity contribution in [1.29, 1.82) is 5.26 Å². The van der Waals surface area contributed by atoms with Crippen molar-refractivity contribution in [2.45, 2.75) is 26.2 Å². The van der Waals surface area contributed by atoms with E-state index in [2.05, 4.69) is 14.8 Å². The van der Waals surface area contributed by atoms with Crippen LogP contribution in [0.2, 0.25) is 0 Å². The fourth-order valence-corrected chi connectivity index (χ4v) is 0.926. The maximum atomic E-state index is 8.70. The molecule has 0 aromatic carbocycles. The third-order valence-electron chi connectivity index (χ3n) is 1.70. The van der Waals surface area contributed by atoms with Crippen molar-refractivity contribution in [2.75, 3.05) is 0 Å². The summed E-state index contributed by atoms with van der Waals surface area (Å²) in [4.78, 5) is 10.9. The zero-order valence-corrected chi connectivity index (χ0v) is 8.37. The first-order valence-electron chi connectivity index (χ1n) is 4.14. The highest BCUT2D eigenvalue weighted by Crippen LogP contribution is 2.22. The van der Waals surface area contributed by atoms with Gasteiger partial charge in [0, 0.05) is 11.5 Å². The predicted octanol–water partition coefficient (Wildman–Crippen LogP) is 2.20. The van der Waals surface area contributed by atoms with Crippen LogP contribution in [0.25, 0.3) is 4.85 Å². The van der Waals surface area contributed by atoms with Gasteiger partial charge in [-0.2, -0.15) is 10.2 Å². The first-order valence-corrected chi connectivity index (χ1v) is 4.14. The van der Waals surface area contributed by atoms with E-state index in [0.717, 1.165) is 5.69 Å². The molecule has 0 saturated heterocycles. The largest absolute Gasteiger partial charge is 0.394 e. The second kappa shape index (κ2) is 3.43. The normalized spacial score (nSPS) is 10.4. The van der Waals surface area contributed by atoms with E-state index >= 15 is 0 Å². The van der Waals surface area contributed by atoms with Crippen LogP contribution in [0.1, 0.15) is 32.2 Å². The van der Waals surface area contributed by atoms with Crippen LogP contribution >= 0.6 is 0 Å². The van der Waals surface area contributed by atoms with Gasteiger partial charge in [-0.25, -0.2) is 0 Å². The van der Waals surface area contributed by atoms with Crippen molar-refractivity contribution < 1.29 is 0 Å². The Hall–Kier alpha value is -1.94. The predicted molar refractivity (Wildman–Crippen MR) is 51.7 cm³/mol. The van der Waals surface area contributed by atoms with Gasteiger partial charge in [0.1, 0.15) is 11.8 Å². The van der Waals surface area contributed by atoms with Crippen molar-refractivity contribution in [3.63, 3.8) is 0 Å². The minimum absolute atomic E-state index is 0.0361. The minimum Gasteiger partial charge on any atom is -0.394 e. The summed E-state index contributed by atoms with van der Waals surface area (Å²) in [5, 5.41) is 8.70. The van der Waals surface area contributed by atoms with Gasteiger partial charge in [-0.15, -0.1) is 11.6 Å². The first kappa shape index (κ1) is 10.1. The molecule has 0 unspecified atom stereocenters. The molecule has 14 heavy (non-hydrogen) atoms. The zero-order chi connectivity index (χ0) is 10.8. The maximum Gasteiger partial charge on any atom is 0.373 e. The van der Waals surface area contributed by atoms with Gasteiger partial charge < -0.3 is 4.85 Å². The van der Waals surface area contributed by atoms with Gasteiger partial charge >= 0.3 is 5.95 Å². The average molecular weight is 186 g/mol. The van der Waals surface area contributed by atoms with E-state index in [9.17, 15) is 0 Å². The number of hydrogen-bond donors (Lipinski definition) is 0. The molecule has 0 aliphatic heterocycles. The molecule has 1 rings (SSSR count). The van der Waals surface area contributed by atoms with Crippen LogP contribution in [0.3, 0.4) is 0 Å². The summed E-state index contributed by atoms with van der Waals surface area (Å²) in [6.07, 6.45) is 0. The van der Waals surface area contributed by atoms with Crippen LogP contribution in [-0.4, -0.2) is 9.97 Å². The smallest absolute Gasteiger partial charge is 0.373 e. The van der Waals surface area contributed by atoms with Crippen molar-refractivity contribution in [2.24, 2.45) is 0 Å². The average Bonchev–Trinajstić information content (AvgIpc) is 2.15. The Balaban J connectivity index is 3.36. The molecule has 1 aromatic rings. The zero-order valence-electron chi connectivity index (χ0n) is 8.37. The van der Waals surface area contributed by atoms with E-state index in [1.54, 1.807) is 6.07 Å². The van der Waals surface area contributed by atoms with Crippen LogP contribution in [0.5, 0.6) is 0 Å². The van der Waals surface area contributed by atoms with Crippen LogP contribution in [-0.2, 0) is 5.41 Å². The molecular weight excluding hydrogens is 176 g/mol. The van der Waals surface area contributed by atoms with Gasteiger partial charge in [0.05, 0.1) is 0 Å². The Labute approximate surface area is 83.1 Å². The van der Waals surface area contributed by atoms with Crippen LogP contribution in [0, 0.1) is 17.9 Å². The molecule has 0 N–H and O–H groups in total. The molecule has 0 amide bonds. The van der Waals surface area contributed by atoms with Crippen LogP contribution in [0.15, 0.2) is 6.07 Å². The van der Waals surface area contributed by atoms with Crippen LogP contribution < -0.4 is 0 Å². The molecule has 0 aliphatic rings. The molecular formula is C10H10N4. The van der Waals surface area contributed by atoms with Crippen molar-refractivity contribution in [3.8, 4) is 6.07 Å². The molecule has 70 valence electrons. The standard InChI is InChI=1S/C10H10N4/c1-10(2,3)8-5-7(6-11)13-9(12-4)14-8/h5H,1-3H3. The lowest BCUT2D eigenvalue weighted by molar-refractivity contribution is 0.568. The van der Waals surface area contributed by atoms with Gasteiger partial charge in [-0.05, 0) is 0 Å². The summed E-state index contributed by atoms with van der Waals surface area (Å²) >= 11 is 0. The van der Waals surface area contributed by atoms with Crippen molar-refractivity contribution >= 4 is 5.95 Å². The topological polar surface area (TPSA) is 53.9 Å². The summed E-state index contributed by atoms with van der Waals surface area (Å²) in [6, 6.07) is 3.54. The van der Waals surface area contributed by atoms with E-state index in [-0.39, 0.29) is 17.1 Å². The van der Waals surface area contributed by atoms with E-state index in [1.165, 1.54) is 0 Å². The SMILES string of the molecule is [C-]#[N+]c1nc(C#N)cc(C(C)(C)C)n1. The number of aromatic nitrogens is 2. The van der Waals surface area contributed by atoms with Crippen molar-refractivity contribution in [1.82, 2.24) is 9.97 Å². The molecule has 4 nitrogen and oxygen atoms in total. The molecule has 0 saturated carbocycles. The van der Waals surface area contributed by atoms with E-state index < -0.39 is 0 Å². The van der Waals surface area contributed by atoms with Gasteiger partial charge in [0.15, 0.2) is 0 Å². The van der Waals surface area contributed by atoms with E-state index in [1.807, 2.05) is 26.8 Å². The highest BCUT2D eigenvalue weighted by Gasteiger charge is 2.20. The molecule has 0 radical (unpaired) electrons. The quantitative estimate of drug-likeness (QED) is 0.583.